The second-order valence-electron chi connectivity index (χ2n) is 7.30. The summed E-state index contributed by atoms with van der Waals surface area (Å²) in [6, 6.07) is 32.4. The highest BCUT2D eigenvalue weighted by molar-refractivity contribution is 9.10. The maximum absolute atomic E-state index is 5.62. The van der Waals surface area contributed by atoms with Crippen molar-refractivity contribution in [2.75, 3.05) is 7.11 Å². The summed E-state index contributed by atoms with van der Waals surface area (Å²) < 4.78 is 8.52. The quantitative estimate of drug-likeness (QED) is 0.248. The molecule has 0 amide bonds. The van der Waals surface area contributed by atoms with Crippen molar-refractivity contribution in [2.45, 2.75) is 0 Å². The van der Waals surface area contributed by atoms with Crippen molar-refractivity contribution >= 4 is 38.7 Å². The first kappa shape index (κ1) is 20.2. The van der Waals surface area contributed by atoms with E-state index in [2.05, 4.69) is 34.1 Å². The molecule has 0 aliphatic heterocycles. The van der Waals surface area contributed by atoms with Crippen LogP contribution in [0.15, 0.2) is 107 Å². The fourth-order valence-electron chi connectivity index (χ4n) is 3.70. The number of hydrogen-bond acceptors (Lipinski definition) is 3. The molecular weight excluding hydrogens is 462 g/mol. The third kappa shape index (κ3) is 3.95. The van der Waals surface area contributed by atoms with Crippen molar-refractivity contribution in [1.29, 1.82) is 0 Å². The van der Waals surface area contributed by atoms with E-state index in [1.807, 2.05) is 89.8 Å². The first-order valence-corrected chi connectivity index (χ1v) is 11.0. The molecule has 4 nitrogen and oxygen atoms in total. The van der Waals surface area contributed by atoms with Crippen molar-refractivity contribution in [2.24, 2.45) is 4.99 Å². The first-order chi connectivity index (χ1) is 15.7. The van der Waals surface area contributed by atoms with Crippen LogP contribution in [-0.4, -0.2) is 23.1 Å². The Morgan fingerprint density at radius 3 is 2.41 bits per heavy atom. The van der Waals surface area contributed by atoms with Crippen molar-refractivity contribution < 1.29 is 4.74 Å². The molecule has 0 aliphatic rings. The lowest BCUT2D eigenvalue weighted by Gasteiger charge is -2.08. The topological polar surface area (TPSA) is 39.4 Å². The van der Waals surface area contributed by atoms with Gasteiger partial charge in [0.25, 0.3) is 0 Å². The van der Waals surface area contributed by atoms with Gasteiger partial charge in [0, 0.05) is 27.9 Å². The number of nitrogens with zero attached hydrogens (tertiary/aromatic N) is 3. The molecule has 0 spiro atoms. The van der Waals surface area contributed by atoms with Gasteiger partial charge in [-0.25, -0.2) is 9.67 Å². The summed E-state index contributed by atoms with van der Waals surface area (Å²) in [4.78, 5) is 4.86. The highest BCUT2D eigenvalue weighted by Crippen LogP contribution is 2.30. The molecule has 0 saturated carbocycles. The van der Waals surface area contributed by atoms with E-state index in [9.17, 15) is 0 Å². The number of para-hydroxylation sites is 1. The lowest BCUT2D eigenvalue weighted by molar-refractivity contribution is 0.415. The number of benzene rings is 4. The van der Waals surface area contributed by atoms with Gasteiger partial charge in [0.15, 0.2) is 5.82 Å². The molecule has 5 rings (SSSR count). The second-order valence-corrected chi connectivity index (χ2v) is 8.22. The van der Waals surface area contributed by atoms with Gasteiger partial charge in [-0.1, -0.05) is 76.6 Å². The van der Waals surface area contributed by atoms with Crippen LogP contribution in [0.25, 0.3) is 27.7 Å². The summed E-state index contributed by atoms with van der Waals surface area (Å²) in [5, 5.41) is 7.09. The lowest BCUT2D eigenvalue weighted by atomic mass is 10.0. The third-order valence-electron chi connectivity index (χ3n) is 5.31. The molecule has 0 saturated heterocycles. The summed E-state index contributed by atoms with van der Waals surface area (Å²) in [6.07, 6.45) is 1.86. The molecule has 0 radical (unpaired) electrons. The van der Waals surface area contributed by atoms with Crippen molar-refractivity contribution in [3.05, 3.63) is 107 Å². The summed E-state index contributed by atoms with van der Waals surface area (Å²) in [5.41, 5.74) is 3.78. The van der Waals surface area contributed by atoms with E-state index < -0.39 is 0 Å². The molecule has 32 heavy (non-hydrogen) atoms. The van der Waals surface area contributed by atoms with Gasteiger partial charge in [-0.15, -0.1) is 0 Å². The summed E-state index contributed by atoms with van der Waals surface area (Å²) >= 11 is 3.50. The molecule has 5 heteroatoms. The van der Waals surface area contributed by atoms with Crippen LogP contribution in [0.2, 0.25) is 0 Å². The fraction of sp³-hybridized carbons (Fsp3) is 0.0370. The van der Waals surface area contributed by atoms with Gasteiger partial charge in [-0.3, -0.25) is 0 Å². The maximum atomic E-state index is 5.62. The largest absolute Gasteiger partial charge is 0.496 e. The van der Waals surface area contributed by atoms with Crippen LogP contribution in [0.1, 0.15) is 5.56 Å². The number of fused-ring (bicyclic) bond motifs is 1. The van der Waals surface area contributed by atoms with Crippen LogP contribution in [0.3, 0.4) is 0 Å². The first-order valence-electron chi connectivity index (χ1n) is 10.2. The number of aromatic nitrogens is 2. The molecule has 0 aliphatic carbocycles. The summed E-state index contributed by atoms with van der Waals surface area (Å²) in [5.74, 6) is 1.52. The average Bonchev–Trinajstić information content (AvgIpc) is 3.27. The van der Waals surface area contributed by atoms with E-state index in [4.69, 9.17) is 14.8 Å². The molecule has 1 heterocycles. The minimum Gasteiger partial charge on any atom is -0.496 e. The fourth-order valence-corrected chi connectivity index (χ4v) is 3.97. The van der Waals surface area contributed by atoms with Crippen molar-refractivity contribution in [1.82, 2.24) is 9.78 Å². The molecule has 5 aromatic rings. The monoisotopic (exact) mass is 481 g/mol. The molecule has 1 aromatic heterocycles. The average molecular weight is 482 g/mol. The Hall–Kier alpha value is -3.70. The van der Waals surface area contributed by atoms with Gasteiger partial charge in [0.2, 0.25) is 0 Å². The van der Waals surface area contributed by atoms with Crippen LogP contribution >= 0.6 is 15.9 Å². The number of methoxy groups -OCH3 is 1. The zero-order valence-corrected chi connectivity index (χ0v) is 19.0. The predicted octanol–water partition coefficient (Wildman–Crippen LogP) is 7.21. The van der Waals surface area contributed by atoms with Crippen molar-refractivity contribution in [3.8, 4) is 22.7 Å². The van der Waals surface area contributed by atoms with Gasteiger partial charge in [0.05, 0.1) is 18.5 Å². The van der Waals surface area contributed by atoms with Crippen LogP contribution in [0.5, 0.6) is 5.75 Å². The van der Waals surface area contributed by atoms with Gasteiger partial charge in [0.1, 0.15) is 5.75 Å². The zero-order valence-electron chi connectivity index (χ0n) is 17.4. The summed E-state index contributed by atoms with van der Waals surface area (Å²) in [7, 11) is 1.68. The molecule has 4 aromatic carbocycles. The van der Waals surface area contributed by atoms with E-state index in [1.54, 1.807) is 7.11 Å². The van der Waals surface area contributed by atoms with Crippen LogP contribution in [-0.2, 0) is 0 Å². The summed E-state index contributed by atoms with van der Waals surface area (Å²) in [6.45, 7) is 0. The normalized spacial score (nSPS) is 11.3. The van der Waals surface area contributed by atoms with Gasteiger partial charge < -0.3 is 4.74 Å². The van der Waals surface area contributed by atoms with Crippen molar-refractivity contribution in [3.63, 3.8) is 0 Å². The minimum atomic E-state index is 0.740. The Balaban J connectivity index is 1.64. The Morgan fingerprint density at radius 2 is 1.62 bits per heavy atom. The third-order valence-corrected chi connectivity index (χ3v) is 5.84. The van der Waals surface area contributed by atoms with Gasteiger partial charge in [-0.2, -0.15) is 5.10 Å². The predicted molar refractivity (Wildman–Crippen MR) is 134 cm³/mol. The molecule has 0 fully saturated rings. The number of halogens is 1. The van der Waals surface area contributed by atoms with E-state index in [1.165, 1.54) is 0 Å². The van der Waals surface area contributed by atoms with Crippen LogP contribution < -0.4 is 4.74 Å². The van der Waals surface area contributed by atoms with Crippen LogP contribution in [0, 0.1) is 0 Å². The van der Waals surface area contributed by atoms with E-state index >= 15 is 0 Å². The smallest absolute Gasteiger partial charge is 0.156 e. The number of aliphatic imine (C=N–C) groups is 1. The highest BCUT2D eigenvalue weighted by Gasteiger charge is 2.12. The Morgan fingerprint density at radius 1 is 0.875 bits per heavy atom. The van der Waals surface area contributed by atoms with E-state index in [0.717, 1.165) is 49.3 Å². The van der Waals surface area contributed by atoms with E-state index in [-0.39, 0.29) is 0 Å². The highest BCUT2D eigenvalue weighted by atomic mass is 79.9. The van der Waals surface area contributed by atoms with Gasteiger partial charge in [-0.05, 0) is 41.1 Å². The Bertz CT molecular complexity index is 1410. The molecule has 156 valence electrons. The molecule has 0 unspecified atom stereocenters. The SMILES string of the molecule is COc1ccc2ccccc2c1/C=N/c1cc(-c2ccc(Br)cc2)nn1-c1ccccc1. The Labute approximate surface area is 194 Å². The zero-order chi connectivity index (χ0) is 21.9. The standard InChI is InChI=1S/C27H20BrN3O/c1-32-26-16-13-19-7-5-6-10-23(19)24(26)18-29-27-17-25(20-11-14-21(28)15-12-20)30-31(27)22-8-3-2-4-9-22/h2-18H,1H3/b29-18+. The number of hydrogen-bond donors (Lipinski definition) is 0. The molecule has 0 bridgehead atoms. The minimum absolute atomic E-state index is 0.740. The maximum Gasteiger partial charge on any atom is 0.156 e. The Kier molecular flexibility index (Phi) is 5.57. The number of rotatable bonds is 5. The molecule has 0 atom stereocenters. The second kappa shape index (κ2) is 8.81. The molecule has 0 N–H and O–H groups in total. The number of ether oxygens (including phenoxy) is 1. The molecular formula is C27H20BrN3O. The van der Waals surface area contributed by atoms with Gasteiger partial charge >= 0.3 is 0 Å². The van der Waals surface area contributed by atoms with E-state index in [0.29, 0.717) is 0 Å². The van der Waals surface area contributed by atoms with Crippen LogP contribution in [0.4, 0.5) is 5.82 Å². The lowest BCUT2D eigenvalue weighted by Crippen LogP contribution is -1.97.